The lowest BCUT2D eigenvalue weighted by molar-refractivity contribution is 0.290. The van der Waals surface area contributed by atoms with Gasteiger partial charge >= 0.3 is 0 Å². The number of nitrogens with two attached hydrogens (primary N) is 1. The molecule has 1 aromatic rings. The topological polar surface area (TPSA) is 97.1 Å². The van der Waals surface area contributed by atoms with Gasteiger partial charge in [-0.15, -0.1) is 0 Å². The monoisotopic (exact) mass is 298 g/mol. The molecule has 0 saturated heterocycles. The smallest absolute Gasteiger partial charge is 0.244 e. The third kappa shape index (κ3) is 3.68. The molecular weight excluding hydrogens is 276 g/mol. The van der Waals surface area contributed by atoms with Crippen LogP contribution in [0.15, 0.2) is 23.2 Å². The van der Waals surface area contributed by atoms with Gasteiger partial charge in [0.05, 0.1) is 0 Å². The molecule has 1 aliphatic carbocycles. The summed E-state index contributed by atoms with van der Waals surface area (Å²) >= 11 is 0. The molecule has 4 N–H and O–H groups in total. The summed E-state index contributed by atoms with van der Waals surface area (Å²) < 4.78 is 27.2. The summed E-state index contributed by atoms with van der Waals surface area (Å²) in [6.45, 7) is 2.73. The summed E-state index contributed by atoms with van der Waals surface area (Å²) in [4.78, 5) is 4.00. The molecule has 1 fully saturated rings. The maximum Gasteiger partial charge on any atom is 0.244 e. The molecule has 0 unspecified atom stereocenters. The highest BCUT2D eigenvalue weighted by Gasteiger charge is 2.23. The van der Waals surface area contributed by atoms with Gasteiger partial charge in [-0.25, -0.2) is 24.0 Å². The molecule has 1 heterocycles. The number of aromatic nitrogens is 1. The van der Waals surface area contributed by atoms with E-state index in [9.17, 15) is 8.42 Å². The maximum atomic E-state index is 12.3. The first-order chi connectivity index (χ1) is 9.53. The van der Waals surface area contributed by atoms with Crippen LogP contribution in [0.2, 0.25) is 0 Å². The van der Waals surface area contributed by atoms with Gasteiger partial charge in [-0.05, 0) is 36.8 Å². The average molecular weight is 298 g/mol. The van der Waals surface area contributed by atoms with Crippen molar-refractivity contribution in [3.63, 3.8) is 0 Å². The van der Waals surface area contributed by atoms with Crippen LogP contribution in [-0.4, -0.2) is 19.9 Å². The molecule has 112 valence electrons. The second-order valence-electron chi connectivity index (χ2n) is 5.47. The number of hydrogen-bond acceptors (Lipinski definition) is 5. The Labute approximate surface area is 120 Å². The van der Waals surface area contributed by atoms with Crippen LogP contribution in [0.25, 0.3) is 0 Å². The van der Waals surface area contributed by atoms with Crippen molar-refractivity contribution in [2.75, 3.05) is 12.0 Å². The van der Waals surface area contributed by atoms with Crippen LogP contribution >= 0.6 is 0 Å². The molecule has 20 heavy (non-hydrogen) atoms. The first-order valence-corrected chi connectivity index (χ1v) is 8.42. The SMILES string of the molecule is CC1CCC(CNS(=O)(=O)c2cccnc2NN)CC1. The minimum atomic E-state index is -3.57. The summed E-state index contributed by atoms with van der Waals surface area (Å²) in [7, 11) is -3.57. The van der Waals surface area contributed by atoms with Crippen LogP contribution in [0.4, 0.5) is 5.82 Å². The Morgan fingerprint density at radius 3 is 2.70 bits per heavy atom. The van der Waals surface area contributed by atoms with Crippen molar-refractivity contribution in [3.8, 4) is 0 Å². The van der Waals surface area contributed by atoms with E-state index in [4.69, 9.17) is 5.84 Å². The predicted octanol–water partition coefficient (Wildman–Crippen LogP) is 1.47. The Morgan fingerprint density at radius 1 is 1.35 bits per heavy atom. The molecular formula is C13H22N4O2S. The van der Waals surface area contributed by atoms with Crippen molar-refractivity contribution in [1.82, 2.24) is 9.71 Å². The quantitative estimate of drug-likeness (QED) is 0.565. The van der Waals surface area contributed by atoms with E-state index in [1.807, 2.05) is 0 Å². The Bertz CT molecular complexity index is 539. The van der Waals surface area contributed by atoms with E-state index >= 15 is 0 Å². The van der Waals surface area contributed by atoms with Gasteiger partial charge in [0, 0.05) is 12.7 Å². The molecule has 0 radical (unpaired) electrons. The third-order valence-corrected chi connectivity index (χ3v) is 5.35. The number of nitrogens with zero attached hydrogens (tertiary/aromatic N) is 1. The van der Waals surface area contributed by atoms with Gasteiger partial charge in [-0.3, -0.25) is 0 Å². The lowest BCUT2D eigenvalue weighted by Gasteiger charge is -2.26. The zero-order valence-corrected chi connectivity index (χ0v) is 12.5. The zero-order valence-electron chi connectivity index (χ0n) is 11.7. The van der Waals surface area contributed by atoms with Gasteiger partial charge < -0.3 is 5.43 Å². The van der Waals surface area contributed by atoms with Crippen LogP contribution in [-0.2, 0) is 10.0 Å². The van der Waals surface area contributed by atoms with E-state index in [1.54, 1.807) is 6.07 Å². The van der Waals surface area contributed by atoms with Gasteiger partial charge in [0.15, 0.2) is 5.82 Å². The fourth-order valence-electron chi connectivity index (χ4n) is 2.55. The molecule has 0 spiro atoms. The van der Waals surface area contributed by atoms with Crippen molar-refractivity contribution >= 4 is 15.8 Å². The third-order valence-electron chi connectivity index (χ3n) is 3.89. The van der Waals surface area contributed by atoms with Crippen molar-refractivity contribution in [2.24, 2.45) is 17.7 Å². The molecule has 1 aliphatic rings. The van der Waals surface area contributed by atoms with Gasteiger partial charge in [-0.2, -0.15) is 0 Å². The molecule has 0 bridgehead atoms. The largest absolute Gasteiger partial charge is 0.307 e. The summed E-state index contributed by atoms with van der Waals surface area (Å²) in [6.07, 6.45) is 6.01. The van der Waals surface area contributed by atoms with Crippen molar-refractivity contribution < 1.29 is 8.42 Å². The van der Waals surface area contributed by atoms with E-state index in [0.29, 0.717) is 12.5 Å². The van der Waals surface area contributed by atoms with E-state index in [-0.39, 0.29) is 10.7 Å². The highest BCUT2D eigenvalue weighted by atomic mass is 32.2. The number of nitrogens with one attached hydrogen (secondary N) is 2. The van der Waals surface area contributed by atoms with E-state index in [1.165, 1.54) is 25.1 Å². The van der Waals surface area contributed by atoms with E-state index in [0.717, 1.165) is 18.8 Å². The number of nitrogen functional groups attached to an aromatic ring is 1. The normalized spacial score (nSPS) is 23.5. The second-order valence-corrected chi connectivity index (χ2v) is 7.21. The van der Waals surface area contributed by atoms with Gasteiger partial charge in [0.1, 0.15) is 4.90 Å². The molecule has 1 saturated carbocycles. The number of rotatable bonds is 5. The summed E-state index contributed by atoms with van der Waals surface area (Å²) in [5.74, 6) is 6.64. The van der Waals surface area contributed by atoms with Crippen molar-refractivity contribution in [2.45, 2.75) is 37.5 Å². The van der Waals surface area contributed by atoms with E-state index < -0.39 is 10.0 Å². The van der Waals surface area contributed by atoms with Gasteiger partial charge in [0.2, 0.25) is 10.0 Å². The molecule has 6 nitrogen and oxygen atoms in total. The van der Waals surface area contributed by atoms with Gasteiger partial charge in [0.25, 0.3) is 0 Å². The Kier molecular flexibility index (Phi) is 4.95. The highest BCUT2D eigenvalue weighted by molar-refractivity contribution is 7.89. The molecule has 0 aromatic carbocycles. The van der Waals surface area contributed by atoms with Gasteiger partial charge in [-0.1, -0.05) is 19.8 Å². The Hall–Kier alpha value is -1.18. The standard InChI is InChI=1S/C13H22N4O2S/c1-10-4-6-11(7-5-10)9-16-20(18,19)12-3-2-8-15-13(12)17-14/h2-3,8,10-11,16H,4-7,9,14H2,1H3,(H,15,17). The molecule has 2 rings (SSSR count). The minimum absolute atomic E-state index is 0.0895. The molecule has 7 heteroatoms. The number of anilines is 1. The number of pyridine rings is 1. The highest BCUT2D eigenvalue weighted by Crippen LogP contribution is 2.28. The van der Waals surface area contributed by atoms with Crippen molar-refractivity contribution in [3.05, 3.63) is 18.3 Å². The fraction of sp³-hybridized carbons (Fsp3) is 0.615. The number of sulfonamides is 1. The summed E-state index contributed by atoms with van der Waals surface area (Å²) in [6, 6.07) is 3.07. The number of hydrogen-bond donors (Lipinski definition) is 3. The molecule has 0 amide bonds. The van der Waals surface area contributed by atoms with Crippen LogP contribution in [0, 0.1) is 11.8 Å². The molecule has 0 aliphatic heterocycles. The predicted molar refractivity (Wildman–Crippen MR) is 78.4 cm³/mol. The zero-order chi connectivity index (χ0) is 14.6. The fourth-order valence-corrected chi connectivity index (χ4v) is 3.79. The minimum Gasteiger partial charge on any atom is -0.307 e. The maximum absolute atomic E-state index is 12.3. The number of hydrazine groups is 1. The Morgan fingerprint density at radius 2 is 2.05 bits per heavy atom. The van der Waals surface area contributed by atoms with Crippen LogP contribution < -0.4 is 16.0 Å². The van der Waals surface area contributed by atoms with Crippen LogP contribution in [0.1, 0.15) is 32.6 Å². The van der Waals surface area contributed by atoms with Crippen LogP contribution in [0.3, 0.4) is 0 Å². The summed E-state index contributed by atoms with van der Waals surface area (Å²) in [5.41, 5.74) is 2.32. The first-order valence-electron chi connectivity index (χ1n) is 6.94. The van der Waals surface area contributed by atoms with Crippen molar-refractivity contribution in [1.29, 1.82) is 0 Å². The van der Waals surface area contributed by atoms with Crippen LogP contribution in [0.5, 0.6) is 0 Å². The summed E-state index contributed by atoms with van der Waals surface area (Å²) in [5, 5.41) is 0. The average Bonchev–Trinajstić information content (AvgIpc) is 2.46. The molecule has 1 aromatic heterocycles. The Balaban J connectivity index is 2.00. The van der Waals surface area contributed by atoms with E-state index in [2.05, 4.69) is 22.1 Å². The first kappa shape index (κ1) is 15.2. The molecule has 0 atom stereocenters. The lowest BCUT2D eigenvalue weighted by atomic mass is 9.83. The lowest BCUT2D eigenvalue weighted by Crippen LogP contribution is -2.32. The second kappa shape index (κ2) is 6.51.